The number of aryl methyl sites for hydroxylation is 1. The minimum Gasteiger partial charge on any atom is -0.497 e. The average molecular weight is 366 g/mol. The molecule has 2 aromatic heterocycles. The van der Waals surface area contributed by atoms with Crippen molar-refractivity contribution < 1.29 is 14.6 Å². The van der Waals surface area contributed by atoms with Gasteiger partial charge in [0.2, 0.25) is 5.88 Å². The summed E-state index contributed by atoms with van der Waals surface area (Å²) in [5, 5.41) is 19.2. The summed E-state index contributed by atoms with van der Waals surface area (Å²) in [7, 11) is 1.58. The number of carbonyl (C=O) groups is 1. The van der Waals surface area contributed by atoms with E-state index in [4.69, 9.17) is 4.74 Å². The number of benzene rings is 1. The normalized spacial score (nSPS) is 11.3. The maximum absolute atomic E-state index is 12.2. The summed E-state index contributed by atoms with van der Waals surface area (Å²) in [6.07, 6.45) is 6.09. The Kier molecular flexibility index (Phi) is 5.80. The molecule has 0 aliphatic rings. The smallest absolute Gasteiger partial charge is 0.296 e. The SMILES string of the molecule is CCCCCn1c(O)c(N=NC(=O)c2cccnc2)c2cc(OC)ccc21. The number of carbonyl (C=O) groups excluding carboxylic acids is 1. The average Bonchev–Trinajstić information content (AvgIpc) is 2.97. The third kappa shape index (κ3) is 3.97. The lowest BCUT2D eigenvalue weighted by atomic mass is 10.2. The number of aromatic hydroxyl groups is 1. The quantitative estimate of drug-likeness (QED) is 0.477. The molecular formula is C20H22N4O3. The van der Waals surface area contributed by atoms with Crippen LogP contribution in [0.15, 0.2) is 53.0 Å². The predicted octanol–water partition coefficient (Wildman–Crippen LogP) is 4.86. The van der Waals surface area contributed by atoms with E-state index in [9.17, 15) is 9.90 Å². The van der Waals surface area contributed by atoms with Crippen molar-refractivity contribution in [2.75, 3.05) is 7.11 Å². The molecule has 0 bridgehead atoms. The molecule has 0 unspecified atom stereocenters. The van der Waals surface area contributed by atoms with Crippen molar-refractivity contribution in [1.82, 2.24) is 9.55 Å². The topological polar surface area (TPSA) is 89.1 Å². The Balaban J connectivity index is 2.01. The third-order valence-electron chi connectivity index (χ3n) is 4.35. The Morgan fingerprint density at radius 2 is 2.15 bits per heavy atom. The lowest BCUT2D eigenvalue weighted by Gasteiger charge is -2.06. The molecule has 140 valence electrons. The molecule has 0 saturated heterocycles. The number of unbranched alkanes of at least 4 members (excludes halogenated alkanes) is 2. The molecule has 27 heavy (non-hydrogen) atoms. The van der Waals surface area contributed by atoms with Crippen LogP contribution in [-0.4, -0.2) is 27.7 Å². The van der Waals surface area contributed by atoms with Gasteiger partial charge in [-0.2, -0.15) is 0 Å². The van der Waals surface area contributed by atoms with Gasteiger partial charge in [-0.1, -0.05) is 19.8 Å². The maximum atomic E-state index is 12.2. The van der Waals surface area contributed by atoms with E-state index in [2.05, 4.69) is 22.1 Å². The zero-order valence-corrected chi connectivity index (χ0v) is 15.4. The first-order valence-corrected chi connectivity index (χ1v) is 8.91. The van der Waals surface area contributed by atoms with Gasteiger partial charge in [-0.3, -0.25) is 9.78 Å². The number of methoxy groups -OCH3 is 1. The fraction of sp³-hybridized carbons (Fsp3) is 0.300. The van der Waals surface area contributed by atoms with Gasteiger partial charge in [-0.25, -0.2) is 0 Å². The number of azo groups is 1. The molecule has 3 rings (SSSR count). The van der Waals surface area contributed by atoms with Crippen molar-refractivity contribution in [3.8, 4) is 11.6 Å². The van der Waals surface area contributed by atoms with Gasteiger partial charge in [0.15, 0.2) is 5.69 Å². The highest BCUT2D eigenvalue weighted by molar-refractivity contribution is 5.97. The Morgan fingerprint density at radius 1 is 1.30 bits per heavy atom. The van der Waals surface area contributed by atoms with Gasteiger partial charge in [0.1, 0.15) is 5.75 Å². The van der Waals surface area contributed by atoms with Crippen molar-refractivity contribution in [3.63, 3.8) is 0 Å². The van der Waals surface area contributed by atoms with E-state index >= 15 is 0 Å². The van der Waals surface area contributed by atoms with Gasteiger partial charge in [0, 0.05) is 24.3 Å². The van der Waals surface area contributed by atoms with Gasteiger partial charge < -0.3 is 14.4 Å². The van der Waals surface area contributed by atoms with Gasteiger partial charge >= 0.3 is 0 Å². The molecule has 7 nitrogen and oxygen atoms in total. The molecule has 0 radical (unpaired) electrons. The van der Waals surface area contributed by atoms with Gasteiger partial charge in [-0.05, 0) is 36.8 Å². The molecule has 0 aliphatic heterocycles. The van der Waals surface area contributed by atoms with Crippen LogP contribution in [0.3, 0.4) is 0 Å². The van der Waals surface area contributed by atoms with Gasteiger partial charge in [-0.15, -0.1) is 10.2 Å². The van der Waals surface area contributed by atoms with Crippen LogP contribution >= 0.6 is 0 Å². The minimum atomic E-state index is -0.516. The van der Waals surface area contributed by atoms with Crippen LogP contribution in [0.2, 0.25) is 0 Å². The van der Waals surface area contributed by atoms with Crippen molar-refractivity contribution in [2.45, 2.75) is 32.7 Å². The van der Waals surface area contributed by atoms with Crippen LogP contribution in [0.5, 0.6) is 11.6 Å². The second-order valence-corrected chi connectivity index (χ2v) is 6.16. The minimum absolute atomic E-state index is 0.00269. The van der Waals surface area contributed by atoms with E-state index < -0.39 is 5.91 Å². The summed E-state index contributed by atoms with van der Waals surface area (Å²) in [6, 6.07) is 8.77. The fourth-order valence-corrected chi connectivity index (χ4v) is 2.92. The summed E-state index contributed by atoms with van der Waals surface area (Å²) in [5.74, 6) is 0.123. The van der Waals surface area contributed by atoms with Crippen LogP contribution < -0.4 is 4.74 Å². The molecular weight excluding hydrogens is 344 g/mol. The highest BCUT2D eigenvalue weighted by Gasteiger charge is 2.18. The molecule has 1 N–H and O–H groups in total. The first-order valence-electron chi connectivity index (χ1n) is 8.91. The number of hydrogen-bond acceptors (Lipinski definition) is 5. The number of fused-ring (bicyclic) bond motifs is 1. The highest BCUT2D eigenvalue weighted by atomic mass is 16.5. The summed E-state index contributed by atoms with van der Waals surface area (Å²) in [5.41, 5.74) is 1.43. The predicted molar refractivity (Wildman–Crippen MR) is 103 cm³/mol. The Labute approximate surface area is 157 Å². The number of rotatable bonds is 7. The van der Waals surface area contributed by atoms with Crippen LogP contribution in [0.4, 0.5) is 5.69 Å². The number of amides is 1. The molecule has 0 aliphatic carbocycles. The molecule has 1 aromatic carbocycles. The van der Waals surface area contributed by atoms with Crippen molar-refractivity contribution in [3.05, 3.63) is 48.3 Å². The monoisotopic (exact) mass is 366 g/mol. The summed E-state index contributed by atoms with van der Waals surface area (Å²) in [4.78, 5) is 16.1. The number of pyridine rings is 1. The zero-order chi connectivity index (χ0) is 19.2. The second kappa shape index (κ2) is 8.44. The number of aromatic nitrogens is 2. The van der Waals surface area contributed by atoms with E-state index in [1.54, 1.807) is 36.1 Å². The molecule has 2 heterocycles. The number of ether oxygens (including phenoxy) is 1. The largest absolute Gasteiger partial charge is 0.497 e. The number of hydrogen-bond donors (Lipinski definition) is 1. The Bertz CT molecular complexity index is 964. The lowest BCUT2D eigenvalue weighted by molar-refractivity contribution is 0.0994. The standard InChI is InChI=1S/C20H22N4O3/c1-3-4-5-11-24-17-9-8-15(27-2)12-16(17)18(20(24)26)22-23-19(25)14-7-6-10-21-13-14/h6-10,12-13,26H,3-5,11H2,1-2H3. The zero-order valence-electron chi connectivity index (χ0n) is 15.4. The van der Waals surface area contributed by atoms with E-state index in [1.165, 1.54) is 6.20 Å². The molecule has 3 aromatic rings. The van der Waals surface area contributed by atoms with Crippen molar-refractivity contribution in [1.29, 1.82) is 0 Å². The highest BCUT2D eigenvalue weighted by Crippen LogP contribution is 2.40. The number of nitrogens with zero attached hydrogens (tertiary/aromatic N) is 4. The van der Waals surface area contributed by atoms with E-state index in [0.717, 1.165) is 24.8 Å². The molecule has 7 heteroatoms. The molecule has 0 fully saturated rings. The molecule has 0 saturated carbocycles. The van der Waals surface area contributed by atoms with Crippen LogP contribution in [0.1, 0.15) is 36.5 Å². The van der Waals surface area contributed by atoms with Gasteiger partial charge in [0.05, 0.1) is 18.2 Å². The molecule has 0 spiro atoms. The van der Waals surface area contributed by atoms with Gasteiger partial charge in [0.25, 0.3) is 5.91 Å². The summed E-state index contributed by atoms with van der Waals surface area (Å²) in [6.45, 7) is 2.79. The Hall–Kier alpha value is -3.22. The Morgan fingerprint density at radius 3 is 2.85 bits per heavy atom. The summed E-state index contributed by atoms with van der Waals surface area (Å²) >= 11 is 0. The summed E-state index contributed by atoms with van der Waals surface area (Å²) < 4.78 is 7.08. The van der Waals surface area contributed by atoms with E-state index in [0.29, 0.717) is 23.2 Å². The molecule has 1 amide bonds. The van der Waals surface area contributed by atoms with E-state index in [-0.39, 0.29) is 11.6 Å². The first kappa shape index (κ1) is 18.6. The van der Waals surface area contributed by atoms with Crippen LogP contribution in [0.25, 0.3) is 10.9 Å². The lowest BCUT2D eigenvalue weighted by Crippen LogP contribution is -1.97. The fourth-order valence-electron chi connectivity index (χ4n) is 2.92. The maximum Gasteiger partial charge on any atom is 0.296 e. The first-order chi connectivity index (χ1) is 13.2. The second-order valence-electron chi connectivity index (χ2n) is 6.16. The van der Waals surface area contributed by atoms with Crippen LogP contribution in [-0.2, 0) is 6.54 Å². The molecule has 0 atom stereocenters. The third-order valence-corrected chi connectivity index (χ3v) is 4.35. The van der Waals surface area contributed by atoms with Crippen molar-refractivity contribution >= 4 is 22.5 Å². The van der Waals surface area contributed by atoms with Crippen LogP contribution in [0, 0.1) is 0 Å². The van der Waals surface area contributed by atoms with Crippen molar-refractivity contribution in [2.24, 2.45) is 10.2 Å². The van der Waals surface area contributed by atoms with E-state index in [1.807, 2.05) is 12.1 Å².